The molecule has 0 spiro atoms. The van der Waals surface area contributed by atoms with E-state index >= 15 is 0 Å². The van der Waals surface area contributed by atoms with Gasteiger partial charge >= 0.3 is 0 Å². The molecule has 6 nitrogen and oxygen atoms in total. The quantitative estimate of drug-likeness (QED) is 0.500. The summed E-state index contributed by atoms with van der Waals surface area (Å²) in [5, 5.41) is 20.7. The Balaban J connectivity index is 2.38. The maximum absolute atomic E-state index is 11.9. The molecule has 0 aromatic heterocycles. The van der Waals surface area contributed by atoms with Crippen LogP contribution in [-0.2, 0) is 4.79 Å². The van der Waals surface area contributed by atoms with Crippen LogP contribution >= 0.6 is 0 Å². The summed E-state index contributed by atoms with van der Waals surface area (Å²) in [6.07, 6.45) is 1.06. The van der Waals surface area contributed by atoms with E-state index in [9.17, 15) is 4.79 Å². The predicted molar refractivity (Wildman–Crippen MR) is 84.1 cm³/mol. The summed E-state index contributed by atoms with van der Waals surface area (Å²) >= 11 is 0. The van der Waals surface area contributed by atoms with Gasteiger partial charge in [-0.25, -0.2) is 0 Å². The van der Waals surface area contributed by atoms with Crippen LogP contribution in [0.3, 0.4) is 0 Å². The first kappa shape index (κ1) is 17.4. The van der Waals surface area contributed by atoms with Crippen LogP contribution in [0.1, 0.15) is 18.4 Å². The molecule has 6 heteroatoms. The lowest BCUT2D eigenvalue weighted by atomic mass is 10.1. The lowest BCUT2D eigenvalue weighted by Crippen LogP contribution is -2.31. The number of hydrogen-bond donors (Lipinski definition) is 4. The molecule has 118 valence electrons. The standard InChI is InChI=1S/C15H25N3O3/c1-12-13(16)4-2-5-14(12)17-15(21)6-3-7-18(8-10-19)9-11-20/h2,4-5,19-20H,3,6-11,16H2,1H3,(H,17,21). The molecule has 1 rings (SSSR count). The Bertz CT molecular complexity index is 446. The van der Waals surface area contributed by atoms with E-state index in [0.717, 1.165) is 11.3 Å². The molecular formula is C15H25N3O3. The second-order valence-electron chi connectivity index (χ2n) is 4.96. The fourth-order valence-corrected chi connectivity index (χ4v) is 2.08. The average Bonchev–Trinajstić information content (AvgIpc) is 2.44. The fourth-order valence-electron chi connectivity index (χ4n) is 2.08. The molecule has 0 bridgehead atoms. The molecule has 1 aromatic carbocycles. The third-order valence-electron chi connectivity index (χ3n) is 3.36. The van der Waals surface area contributed by atoms with E-state index in [1.165, 1.54) is 0 Å². The number of aliphatic hydroxyl groups excluding tert-OH is 2. The van der Waals surface area contributed by atoms with E-state index in [4.69, 9.17) is 15.9 Å². The van der Waals surface area contributed by atoms with Crippen LogP contribution in [0.15, 0.2) is 18.2 Å². The summed E-state index contributed by atoms with van der Waals surface area (Å²) in [5.41, 5.74) is 8.06. The molecule has 0 aliphatic rings. The van der Waals surface area contributed by atoms with Crippen molar-refractivity contribution < 1.29 is 15.0 Å². The summed E-state index contributed by atoms with van der Waals surface area (Å²) in [7, 11) is 0. The van der Waals surface area contributed by atoms with Gasteiger partial charge in [0, 0.05) is 30.9 Å². The molecule has 0 fully saturated rings. The van der Waals surface area contributed by atoms with Gasteiger partial charge in [-0.3, -0.25) is 9.69 Å². The highest BCUT2D eigenvalue weighted by molar-refractivity contribution is 5.92. The molecule has 0 aliphatic heterocycles. The molecule has 0 aliphatic carbocycles. The van der Waals surface area contributed by atoms with Gasteiger partial charge in [-0.05, 0) is 37.6 Å². The number of nitrogens with zero attached hydrogens (tertiary/aromatic N) is 1. The molecule has 0 radical (unpaired) electrons. The third kappa shape index (κ3) is 6.12. The van der Waals surface area contributed by atoms with Gasteiger partial charge in [0.2, 0.25) is 5.91 Å². The van der Waals surface area contributed by atoms with Gasteiger partial charge in [0.1, 0.15) is 0 Å². The molecule has 0 unspecified atom stereocenters. The number of carbonyl (C=O) groups is 1. The topological polar surface area (TPSA) is 98.8 Å². The number of nitrogens with one attached hydrogen (secondary N) is 1. The zero-order valence-electron chi connectivity index (χ0n) is 12.5. The summed E-state index contributed by atoms with van der Waals surface area (Å²) in [6.45, 7) is 3.66. The number of hydrogen-bond acceptors (Lipinski definition) is 5. The number of carbonyl (C=O) groups excluding carboxylic acids is 1. The summed E-state index contributed by atoms with van der Waals surface area (Å²) in [4.78, 5) is 13.8. The third-order valence-corrected chi connectivity index (χ3v) is 3.36. The van der Waals surface area contributed by atoms with Crippen LogP contribution in [-0.4, -0.2) is 53.9 Å². The minimum absolute atomic E-state index is 0.0503. The maximum atomic E-state index is 11.9. The van der Waals surface area contributed by atoms with E-state index < -0.39 is 0 Å². The number of aliphatic hydroxyl groups is 2. The van der Waals surface area contributed by atoms with Crippen LogP contribution in [0, 0.1) is 6.92 Å². The number of rotatable bonds is 9. The Hall–Kier alpha value is -1.63. The SMILES string of the molecule is Cc1c(N)cccc1NC(=O)CCCN(CCO)CCO. The van der Waals surface area contributed by atoms with E-state index in [0.29, 0.717) is 38.2 Å². The van der Waals surface area contributed by atoms with Crippen molar-refractivity contribution in [1.82, 2.24) is 4.90 Å². The van der Waals surface area contributed by atoms with Gasteiger partial charge in [-0.1, -0.05) is 6.07 Å². The van der Waals surface area contributed by atoms with Crippen molar-refractivity contribution in [3.8, 4) is 0 Å². The van der Waals surface area contributed by atoms with Crippen LogP contribution < -0.4 is 11.1 Å². The second kappa shape index (κ2) is 9.33. The van der Waals surface area contributed by atoms with Gasteiger partial charge < -0.3 is 21.3 Å². The molecule has 1 amide bonds. The number of nitrogen functional groups attached to an aromatic ring is 1. The van der Waals surface area contributed by atoms with Crippen molar-refractivity contribution in [3.63, 3.8) is 0 Å². The summed E-state index contributed by atoms with van der Waals surface area (Å²) in [6, 6.07) is 5.43. The Morgan fingerprint density at radius 2 is 1.90 bits per heavy atom. The molecular weight excluding hydrogens is 270 g/mol. The Morgan fingerprint density at radius 1 is 1.24 bits per heavy atom. The maximum Gasteiger partial charge on any atom is 0.224 e. The summed E-state index contributed by atoms with van der Waals surface area (Å²) < 4.78 is 0. The highest BCUT2D eigenvalue weighted by Crippen LogP contribution is 2.20. The monoisotopic (exact) mass is 295 g/mol. The van der Waals surface area contributed by atoms with E-state index in [1.54, 1.807) is 6.07 Å². The van der Waals surface area contributed by atoms with Gasteiger partial charge in [-0.2, -0.15) is 0 Å². The second-order valence-corrected chi connectivity index (χ2v) is 4.96. The van der Waals surface area contributed by atoms with Crippen LogP contribution in [0.5, 0.6) is 0 Å². The molecule has 21 heavy (non-hydrogen) atoms. The first-order chi connectivity index (χ1) is 10.1. The molecule has 0 atom stereocenters. The van der Waals surface area contributed by atoms with Crippen molar-refractivity contribution in [2.24, 2.45) is 0 Å². The molecule has 0 saturated carbocycles. The molecule has 0 heterocycles. The highest BCUT2D eigenvalue weighted by atomic mass is 16.3. The number of anilines is 2. The minimum Gasteiger partial charge on any atom is -0.398 e. The zero-order chi connectivity index (χ0) is 15.7. The first-order valence-corrected chi connectivity index (χ1v) is 7.17. The van der Waals surface area contributed by atoms with Crippen molar-refractivity contribution in [3.05, 3.63) is 23.8 Å². The van der Waals surface area contributed by atoms with E-state index in [2.05, 4.69) is 5.32 Å². The van der Waals surface area contributed by atoms with Crippen LogP contribution in [0.4, 0.5) is 11.4 Å². The van der Waals surface area contributed by atoms with Crippen molar-refractivity contribution >= 4 is 17.3 Å². The van der Waals surface area contributed by atoms with Crippen molar-refractivity contribution in [2.75, 3.05) is 43.9 Å². The lowest BCUT2D eigenvalue weighted by Gasteiger charge is -2.19. The molecule has 0 saturated heterocycles. The Labute approximate surface area is 125 Å². The van der Waals surface area contributed by atoms with E-state index in [1.807, 2.05) is 24.0 Å². The number of benzene rings is 1. The molecule has 5 N–H and O–H groups in total. The number of amides is 1. The average molecular weight is 295 g/mol. The smallest absolute Gasteiger partial charge is 0.224 e. The van der Waals surface area contributed by atoms with Crippen LogP contribution in [0.2, 0.25) is 0 Å². The Kier molecular flexibility index (Phi) is 7.74. The van der Waals surface area contributed by atoms with Gasteiger partial charge in [0.15, 0.2) is 0 Å². The van der Waals surface area contributed by atoms with Crippen LogP contribution in [0.25, 0.3) is 0 Å². The van der Waals surface area contributed by atoms with Gasteiger partial charge in [-0.15, -0.1) is 0 Å². The highest BCUT2D eigenvalue weighted by Gasteiger charge is 2.08. The van der Waals surface area contributed by atoms with Gasteiger partial charge in [0.25, 0.3) is 0 Å². The largest absolute Gasteiger partial charge is 0.398 e. The zero-order valence-corrected chi connectivity index (χ0v) is 12.5. The van der Waals surface area contributed by atoms with E-state index in [-0.39, 0.29) is 19.1 Å². The van der Waals surface area contributed by atoms with Crippen molar-refractivity contribution in [2.45, 2.75) is 19.8 Å². The summed E-state index contributed by atoms with van der Waals surface area (Å²) in [5.74, 6) is -0.0587. The minimum atomic E-state index is -0.0587. The normalized spacial score (nSPS) is 10.9. The first-order valence-electron chi connectivity index (χ1n) is 7.17. The molecule has 1 aromatic rings. The van der Waals surface area contributed by atoms with Gasteiger partial charge in [0.05, 0.1) is 13.2 Å². The predicted octanol–water partition coefficient (Wildman–Crippen LogP) is 0.583. The number of nitrogens with two attached hydrogens (primary N) is 1. The Morgan fingerprint density at radius 3 is 2.52 bits per heavy atom. The lowest BCUT2D eigenvalue weighted by molar-refractivity contribution is -0.116. The van der Waals surface area contributed by atoms with Crippen molar-refractivity contribution in [1.29, 1.82) is 0 Å². The fraction of sp³-hybridized carbons (Fsp3) is 0.533.